The lowest BCUT2D eigenvalue weighted by Gasteiger charge is -2.05. The Hall–Kier alpha value is -1.42. The van der Waals surface area contributed by atoms with Crippen LogP contribution in [-0.2, 0) is 6.54 Å². The average Bonchev–Trinajstić information content (AvgIpc) is 2.30. The third-order valence-electron chi connectivity index (χ3n) is 2.00. The van der Waals surface area contributed by atoms with Crippen molar-refractivity contribution in [3.63, 3.8) is 0 Å². The Morgan fingerprint density at radius 1 is 1.44 bits per heavy atom. The Balaban J connectivity index is 0.00000106. The van der Waals surface area contributed by atoms with Gasteiger partial charge >= 0.3 is 0 Å². The zero-order chi connectivity index (χ0) is 12.6. The van der Waals surface area contributed by atoms with Gasteiger partial charge in [0, 0.05) is 19.3 Å². The first-order valence-electron chi connectivity index (χ1n) is 5.52. The second kappa shape index (κ2) is 7.82. The van der Waals surface area contributed by atoms with Crippen LogP contribution >= 0.6 is 0 Å². The van der Waals surface area contributed by atoms with E-state index in [-0.39, 0.29) is 16.9 Å². The average molecular weight is 224 g/mol. The van der Waals surface area contributed by atoms with Gasteiger partial charge < -0.3 is 9.88 Å². The van der Waals surface area contributed by atoms with Crippen molar-refractivity contribution in [1.29, 1.82) is 0 Å². The lowest BCUT2D eigenvalue weighted by Crippen LogP contribution is -2.28. The molecule has 0 amide bonds. The molecule has 1 heterocycles. The van der Waals surface area contributed by atoms with Gasteiger partial charge in [-0.25, -0.2) is 0 Å². The van der Waals surface area contributed by atoms with Crippen LogP contribution in [0, 0.1) is 0 Å². The first kappa shape index (κ1) is 14.6. The van der Waals surface area contributed by atoms with Crippen LogP contribution in [0.3, 0.4) is 0 Å². The fourth-order valence-electron chi connectivity index (χ4n) is 1.21. The molecule has 0 bridgehead atoms. The van der Waals surface area contributed by atoms with E-state index in [1.165, 1.54) is 11.5 Å². The minimum Gasteiger partial charge on any atom is -0.318 e. The molecule has 0 fully saturated rings. The number of ketones is 1. The van der Waals surface area contributed by atoms with E-state index in [1.807, 2.05) is 20.9 Å². The van der Waals surface area contributed by atoms with Gasteiger partial charge in [-0.05, 0) is 26.1 Å². The van der Waals surface area contributed by atoms with Crippen molar-refractivity contribution in [2.75, 3.05) is 13.6 Å². The van der Waals surface area contributed by atoms with E-state index in [2.05, 4.69) is 5.32 Å². The molecule has 0 saturated heterocycles. The van der Waals surface area contributed by atoms with Crippen LogP contribution in [-0.4, -0.2) is 23.9 Å². The first-order valence-corrected chi connectivity index (χ1v) is 5.52. The van der Waals surface area contributed by atoms with Crippen LogP contribution in [0.5, 0.6) is 0 Å². The summed E-state index contributed by atoms with van der Waals surface area (Å²) in [6.45, 7) is 6.69. The molecule has 0 unspecified atom stereocenters. The smallest absolute Gasteiger partial charge is 0.261 e. The summed E-state index contributed by atoms with van der Waals surface area (Å²) in [5, 5.41) is 2.95. The van der Waals surface area contributed by atoms with E-state index < -0.39 is 0 Å². The van der Waals surface area contributed by atoms with Gasteiger partial charge in [0.1, 0.15) is 0 Å². The lowest BCUT2D eigenvalue weighted by atomic mass is 10.2. The minimum atomic E-state index is -0.213. The molecular formula is C12H20N2O2. The second-order valence-corrected chi connectivity index (χ2v) is 3.08. The Kier molecular flexibility index (Phi) is 7.12. The Morgan fingerprint density at radius 2 is 2.06 bits per heavy atom. The molecule has 1 aromatic heterocycles. The molecule has 1 aromatic rings. The summed E-state index contributed by atoms with van der Waals surface area (Å²) in [6, 6.07) is 3.27. The van der Waals surface area contributed by atoms with Crippen molar-refractivity contribution in [3.8, 4) is 0 Å². The number of carbonyl (C=O) groups excluding carboxylic acids is 1. The van der Waals surface area contributed by atoms with Gasteiger partial charge in [0.25, 0.3) is 5.56 Å². The summed E-state index contributed by atoms with van der Waals surface area (Å²) in [5.41, 5.74) is 0.0406. The fraction of sp³-hybridized carbons (Fsp3) is 0.500. The number of nitrogens with one attached hydrogen (secondary N) is 1. The van der Waals surface area contributed by atoms with E-state index in [0.29, 0.717) is 13.1 Å². The molecule has 4 heteroatoms. The molecule has 0 aliphatic carbocycles. The summed E-state index contributed by atoms with van der Waals surface area (Å²) in [4.78, 5) is 22.7. The van der Waals surface area contributed by atoms with Gasteiger partial charge in [-0.2, -0.15) is 0 Å². The molecule has 0 aromatic carbocycles. The summed E-state index contributed by atoms with van der Waals surface area (Å²) in [6.07, 6.45) is 1.69. The summed E-state index contributed by atoms with van der Waals surface area (Å²) < 4.78 is 1.53. The molecule has 0 aliphatic rings. The van der Waals surface area contributed by atoms with Gasteiger partial charge in [0.2, 0.25) is 0 Å². The van der Waals surface area contributed by atoms with Crippen molar-refractivity contribution >= 4 is 5.78 Å². The fourth-order valence-corrected chi connectivity index (χ4v) is 1.21. The molecule has 0 aliphatic heterocycles. The van der Waals surface area contributed by atoms with Crippen molar-refractivity contribution in [3.05, 3.63) is 34.2 Å². The molecule has 0 spiro atoms. The lowest BCUT2D eigenvalue weighted by molar-refractivity contribution is 0.101. The van der Waals surface area contributed by atoms with Crippen molar-refractivity contribution in [2.45, 2.75) is 27.3 Å². The number of aromatic nitrogens is 1. The standard InChI is InChI=1S/C10H14N2O2.C2H6/c1-8(13)9-4-3-6-12(10(9)14)7-5-11-2;1-2/h3-4,6,11H,5,7H2,1-2H3;1-2H3. The number of pyridine rings is 1. The van der Waals surface area contributed by atoms with Gasteiger partial charge in [-0.1, -0.05) is 13.8 Å². The maximum absolute atomic E-state index is 11.6. The highest BCUT2D eigenvalue weighted by Gasteiger charge is 2.06. The van der Waals surface area contributed by atoms with Crippen LogP contribution in [0.1, 0.15) is 31.1 Å². The zero-order valence-electron chi connectivity index (χ0n) is 10.4. The van der Waals surface area contributed by atoms with Crippen LogP contribution in [0.25, 0.3) is 0 Å². The summed E-state index contributed by atoms with van der Waals surface area (Å²) in [5.74, 6) is -0.186. The number of likely N-dealkylation sites (N-methyl/N-ethyl adjacent to an activating group) is 1. The van der Waals surface area contributed by atoms with Gasteiger partial charge in [-0.15, -0.1) is 0 Å². The summed E-state index contributed by atoms with van der Waals surface area (Å²) in [7, 11) is 1.82. The maximum Gasteiger partial charge on any atom is 0.261 e. The Labute approximate surface area is 96.3 Å². The van der Waals surface area contributed by atoms with Crippen molar-refractivity contribution < 1.29 is 4.79 Å². The molecule has 0 radical (unpaired) electrons. The predicted molar refractivity (Wildman–Crippen MR) is 66.0 cm³/mol. The van der Waals surface area contributed by atoms with Crippen LogP contribution in [0.4, 0.5) is 0 Å². The highest BCUT2D eigenvalue weighted by molar-refractivity contribution is 5.93. The van der Waals surface area contributed by atoms with Gasteiger partial charge in [0.05, 0.1) is 5.56 Å². The number of hydrogen-bond acceptors (Lipinski definition) is 3. The number of rotatable bonds is 4. The zero-order valence-corrected chi connectivity index (χ0v) is 10.4. The minimum absolute atomic E-state index is 0.186. The first-order chi connectivity index (χ1) is 7.66. The highest BCUT2D eigenvalue weighted by Crippen LogP contribution is 1.92. The van der Waals surface area contributed by atoms with E-state index >= 15 is 0 Å². The number of hydrogen-bond donors (Lipinski definition) is 1. The Bertz CT molecular complexity index is 383. The van der Waals surface area contributed by atoms with E-state index in [0.717, 1.165) is 0 Å². The number of Topliss-reactive ketones (excluding diaryl/α,β-unsaturated/α-hetero) is 1. The van der Waals surface area contributed by atoms with Gasteiger partial charge in [-0.3, -0.25) is 9.59 Å². The normalized spacial score (nSPS) is 9.25. The summed E-state index contributed by atoms with van der Waals surface area (Å²) >= 11 is 0. The molecular weight excluding hydrogens is 204 g/mol. The number of nitrogens with zero attached hydrogens (tertiary/aromatic N) is 1. The topological polar surface area (TPSA) is 51.1 Å². The molecule has 0 saturated carbocycles. The third kappa shape index (κ3) is 3.98. The SMILES string of the molecule is CC.CNCCn1cccc(C(C)=O)c1=O. The largest absolute Gasteiger partial charge is 0.318 e. The van der Waals surface area contributed by atoms with Crippen molar-refractivity contribution in [1.82, 2.24) is 9.88 Å². The second-order valence-electron chi connectivity index (χ2n) is 3.08. The Morgan fingerprint density at radius 3 is 2.56 bits per heavy atom. The molecule has 0 atom stereocenters. The van der Waals surface area contributed by atoms with Crippen molar-refractivity contribution in [2.24, 2.45) is 0 Å². The predicted octanol–water partition coefficient (Wildman–Crippen LogP) is 1.30. The molecule has 90 valence electrons. The van der Waals surface area contributed by atoms with Crippen LogP contribution < -0.4 is 10.9 Å². The van der Waals surface area contributed by atoms with Crippen LogP contribution in [0.15, 0.2) is 23.1 Å². The molecule has 16 heavy (non-hydrogen) atoms. The monoisotopic (exact) mass is 224 g/mol. The molecule has 1 N–H and O–H groups in total. The van der Waals surface area contributed by atoms with E-state index in [1.54, 1.807) is 18.3 Å². The van der Waals surface area contributed by atoms with E-state index in [9.17, 15) is 9.59 Å². The van der Waals surface area contributed by atoms with E-state index in [4.69, 9.17) is 0 Å². The molecule has 4 nitrogen and oxygen atoms in total. The van der Waals surface area contributed by atoms with Crippen LogP contribution in [0.2, 0.25) is 0 Å². The quantitative estimate of drug-likeness (QED) is 0.784. The van der Waals surface area contributed by atoms with Gasteiger partial charge in [0.15, 0.2) is 5.78 Å². The maximum atomic E-state index is 11.6. The number of carbonyl (C=O) groups is 1. The highest BCUT2D eigenvalue weighted by atomic mass is 16.1. The third-order valence-corrected chi connectivity index (χ3v) is 2.00. The molecule has 1 rings (SSSR count).